The lowest BCUT2D eigenvalue weighted by molar-refractivity contribution is 0.190. The molecule has 0 saturated carbocycles. The van der Waals surface area contributed by atoms with Crippen LogP contribution in [0.5, 0.6) is 11.5 Å². The van der Waals surface area contributed by atoms with Crippen LogP contribution in [0.4, 0.5) is 4.39 Å². The van der Waals surface area contributed by atoms with Gasteiger partial charge < -0.3 is 9.47 Å². The number of benzene rings is 1. The molecule has 0 N–H and O–H groups in total. The molecular weight excluding hydrogens is 171 g/mol. The maximum atomic E-state index is 11.9. The quantitative estimate of drug-likeness (QED) is 0.718. The fraction of sp³-hybridized carbons (Fsp3) is 0.400. The zero-order valence-electron chi connectivity index (χ0n) is 8.06. The van der Waals surface area contributed by atoms with Crippen LogP contribution in [0, 0.1) is 13.8 Å². The van der Waals surface area contributed by atoms with Crippen molar-refractivity contribution >= 4 is 0 Å². The van der Waals surface area contributed by atoms with Gasteiger partial charge in [0.05, 0.1) is 7.11 Å². The molecule has 0 aliphatic heterocycles. The van der Waals surface area contributed by atoms with Gasteiger partial charge in [-0.15, -0.1) is 0 Å². The predicted molar refractivity (Wildman–Crippen MR) is 49.1 cm³/mol. The highest BCUT2D eigenvalue weighted by molar-refractivity contribution is 5.46. The lowest BCUT2D eigenvalue weighted by Crippen LogP contribution is -1.96. The number of halogens is 1. The Hall–Kier alpha value is -1.25. The van der Waals surface area contributed by atoms with Crippen LogP contribution in [-0.4, -0.2) is 14.0 Å². The molecule has 0 heterocycles. The zero-order chi connectivity index (χ0) is 9.84. The zero-order valence-corrected chi connectivity index (χ0v) is 8.06. The Morgan fingerprint density at radius 1 is 1.15 bits per heavy atom. The molecule has 13 heavy (non-hydrogen) atoms. The molecule has 0 spiro atoms. The Morgan fingerprint density at radius 2 is 1.69 bits per heavy atom. The van der Waals surface area contributed by atoms with E-state index in [-0.39, 0.29) is 0 Å². The third kappa shape index (κ3) is 1.91. The highest BCUT2D eigenvalue weighted by Crippen LogP contribution is 2.28. The van der Waals surface area contributed by atoms with Crippen molar-refractivity contribution < 1.29 is 13.9 Å². The molecule has 0 aliphatic rings. The summed E-state index contributed by atoms with van der Waals surface area (Å²) >= 11 is 0. The number of alkyl halides is 1. The van der Waals surface area contributed by atoms with Gasteiger partial charge in [0, 0.05) is 0 Å². The summed E-state index contributed by atoms with van der Waals surface area (Å²) in [4.78, 5) is 0. The van der Waals surface area contributed by atoms with Crippen LogP contribution in [0.2, 0.25) is 0 Å². The molecule has 1 rings (SSSR count). The van der Waals surface area contributed by atoms with Crippen LogP contribution >= 0.6 is 0 Å². The van der Waals surface area contributed by atoms with Crippen molar-refractivity contribution in [2.75, 3.05) is 14.0 Å². The first-order chi connectivity index (χ1) is 6.20. The van der Waals surface area contributed by atoms with E-state index >= 15 is 0 Å². The standard InChI is InChI=1S/C10H13FO2/c1-7-8(2)10(13-6-11)5-4-9(7)12-3/h4-5H,6H2,1-3H3. The monoisotopic (exact) mass is 184 g/mol. The molecule has 0 radical (unpaired) electrons. The first-order valence-electron chi connectivity index (χ1n) is 4.03. The second-order valence-corrected chi connectivity index (χ2v) is 2.77. The topological polar surface area (TPSA) is 18.5 Å². The minimum Gasteiger partial charge on any atom is -0.496 e. The summed E-state index contributed by atoms with van der Waals surface area (Å²) in [5.41, 5.74) is 1.89. The van der Waals surface area contributed by atoms with E-state index in [0.717, 1.165) is 16.9 Å². The molecular formula is C10H13FO2. The van der Waals surface area contributed by atoms with Crippen LogP contribution in [0.1, 0.15) is 11.1 Å². The van der Waals surface area contributed by atoms with Gasteiger partial charge >= 0.3 is 0 Å². The molecule has 0 atom stereocenters. The Kier molecular flexibility index (Phi) is 3.12. The Bertz CT molecular complexity index is 297. The van der Waals surface area contributed by atoms with Gasteiger partial charge in [-0.3, -0.25) is 0 Å². The Labute approximate surface area is 77.3 Å². The van der Waals surface area contributed by atoms with Crippen molar-refractivity contribution in [3.05, 3.63) is 23.3 Å². The van der Waals surface area contributed by atoms with Gasteiger partial charge in [-0.1, -0.05) is 0 Å². The third-order valence-corrected chi connectivity index (χ3v) is 2.12. The van der Waals surface area contributed by atoms with Crippen molar-refractivity contribution in [2.45, 2.75) is 13.8 Å². The molecule has 1 aromatic carbocycles. The molecule has 0 aromatic heterocycles. The van der Waals surface area contributed by atoms with Crippen LogP contribution in [0.3, 0.4) is 0 Å². The molecule has 0 unspecified atom stereocenters. The van der Waals surface area contributed by atoms with Gasteiger partial charge in [-0.2, -0.15) is 0 Å². The Balaban J connectivity index is 3.07. The summed E-state index contributed by atoms with van der Waals surface area (Å²) in [6.07, 6.45) is 0. The lowest BCUT2D eigenvalue weighted by atomic mass is 10.1. The van der Waals surface area contributed by atoms with Gasteiger partial charge in [0.25, 0.3) is 0 Å². The van der Waals surface area contributed by atoms with Gasteiger partial charge in [-0.25, -0.2) is 4.39 Å². The largest absolute Gasteiger partial charge is 0.496 e. The van der Waals surface area contributed by atoms with Gasteiger partial charge in [0.15, 0.2) is 0 Å². The van der Waals surface area contributed by atoms with Crippen molar-refractivity contribution in [3.63, 3.8) is 0 Å². The molecule has 1 aromatic rings. The van der Waals surface area contributed by atoms with E-state index in [1.807, 2.05) is 13.8 Å². The minimum absolute atomic E-state index is 0.570. The van der Waals surface area contributed by atoms with Crippen molar-refractivity contribution in [3.8, 4) is 11.5 Å². The molecule has 0 fully saturated rings. The average Bonchev–Trinajstić information content (AvgIpc) is 2.14. The summed E-state index contributed by atoms with van der Waals surface area (Å²) in [7, 11) is 1.61. The molecule has 72 valence electrons. The minimum atomic E-state index is -0.799. The van der Waals surface area contributed by atoms with E-state index in [1.54, 1.807) is 19.2 Å². The summed E-state index contributed by atoms with van der Waals surface area (Å²) in [6, 6.07) is 3.48. The van der Waals surface area contributed by atoms with Crippen LogP contribution in [0.15, 0.2) is 12.1 Å². The normalized spacial score (nSPS) is 9.85. The van der Waals surface area contributed by atoms with Gasteiger partial charge in [-0.05, 0) is 37.1 Å². The van der Waals surface area contributed by atoms with E-state index in [1.165, 1.54) is 0 Å². The summed E-state index contributed by atoms with van der Waals surface area (Å²) in [6.45, 7) is 2.99. The van der Waals surface area contributed by atoms with E-state index in [2.05, 4.69) is 0 Å². The Morgan fingerprint density at radius 3 is 2.23 bits per heavy atom. The number of hydrogen-bond acceptors (Lipinski definition) is 2. The highest BCUT2D eigenvalue weighted by atomic mass is 19.1. The van der Waals surface area contributed by atoms with Gasteiger partial charge in [0.1, 0.15) is 11.5 Å². The van der Waals surface area contributed by atoms with E-state index in [9.17, 15) is 4.39 Å². The number of rotatable bonds is 3. The molecule has 0 saturated heterocycles. The number of ether oxygens (including phenoxy) is 2. The molecule has 3 heteroatoms. The third-order valence-electron chi connectivity index (χ3n) is 2.12. The van der Waals surface area contributed by atoms with E-state index in [0.29, 0.717) is 5.75 Å². The highest BCUT2D eigenvalue weighted by Gasteiger charge is 2.06. The summed E-state index contributed by atoms with van der Waals surface area (Å²) in [5, 5.41) is 0. The van der Waals surface area contributed by atoms with E-state index < -0.39 is 6.86 Å². The van der Waals surface area contributed by atoms with Crippen LogP contribution in [0.25, 0.3) is 0 Å². The lowest BCUT2D eigenvalue weighted by Gasteiger charge is -2.11. The number of hydrogen-bond donors (Lipinski definition) is 0. The van der Waals surface area contributed by atoms with Crippen LogP contribution in [-0.2, 0) is 0 Å². The van der Waals surface area contributed by atoms with Crippen molar-refractivity contribution in [1.82, 2.24) is 0 Å². The summed E-state index contributed by atoms with van der Waals surface area (Å²) < 4.78 is 21.8. The number of methoxy groups -OCH3 is 1. The van der Waals surface area contributed by atoms with Crippen molar-refractivity contribution in [2.24, 2.45) is 0 Å². The van der Waals surface area contributed by atoms with Gasteiger partial charge in [0.2, 0.25) is 6.86 Å². The van der Waals surface area contributed by atoms with E-state index in [4.69, 9.17) is 9.47 Å². The molecule has 0 aliphatic carbocycles. The molecule has 0 amide bonds. The second kappa shape index (κ2) is 4.12. The summed E-state index contributed by atoms with van der Waals surface area (Å²) in [5.74, 6) is 1.37. The van der Waals surface area contributed by atoms with Crippen LogP contribution < -0.4 is 9.47 Å². The smallest absolute Gasteiger partial charge is 0.228 e. The first-order valence-corrected chi connectivity index (χ1v) is 4.03. The SMILES string of the molecule is COc1ccc(OCF)c(C)c1C. The maximum Gasteiger partial charge on any atom is 0.228 e. The average molecular weight is 184 g/mol. The van der Waals surface area contributed by atoms with Crippen molar-refractivity contribution in [1.29, 1.82) is 0 Å². The fourth-order valence-electron chi connectivity index (χ4n) is 1.21. The predicted octanol–water partition coefficient (Wildman–Crippen LogP) is 2.62. The maximum absolute atomic E-state index is 11.9. The molecule has 2 nitrogen and oxygen atoms in total. The first kappa shape index (κ1) is 9.84. The fourth-order valence-corrected chi connectivity index (χ4v) is 1.21. The second-order valence-electron chi connectivity index (χ2n) is 2.77. The molecule has 0 bridgehead atoms.